The lowest BCUT2D eigenvalue weighted by molar-refractivity contribution is 0.0952. The van der Waals surface area contributed by atoms with Gasteiger partial charge in [0.2, 0.25) is 0 Å². The van der Waals surface area contributed by atoms with Crippen LogP contribution in [0.5, 0.6) is 0 Å². The van der Waals surface area contributed by atoms with Crippen molar-refractivity contribution in [2.75, 3.05) is 0 Å². The van der Waals surface area contributed by atoms with E-state index >= 15 is 0 Å². The minimum atomic E-state index is -0.264. The van der Waals surface area contributed by atoms with E-state index in [4.69, 9.17) is 4.98 Å². The molecule has 0 unspecified atom stereocenters. The Bertz CT molecular complexity index is 1420. The number of aromatic amines is 1. The first-order chi connectivity index (χ1) is 15.7. The fourth-order valence-electron chi connectivity index (χ4n) is 3.99. The first-order valence-electron chi connectivity index (χ1n) is 10.8. The second kappa shape index (κ2) is 9.09. The predicted molar refractivity (Wildman–Crippen MR) is 139 cm³/mol. The minimum Gasteiger partial charge on any atom is -0.348 e. The number of H-pyrrole nitrogens is 1. The van der Waals surface area contributed by atoms with Crippen LogP contribution in [-0.2, 0) is 6.54 Å². The Labute approximate surface area is 205 Å². The zero-order valence-corrected chi connectivity index (χ0v) is 21.4. The van der Waals surface area contributed by atoms with Crippen molar-refractivity contribution in [1.82, 2.24) is 25.1 Å². The molecule has 0 saturated carbocycles. The van der Waals surface area contributed by atoms with Gasteiger partial charge in [0, 0.05) is 33.0 Å². The van der Waals surface area contributed by atoms with Crippen LogP contribution >= 0.6 is 22.6 Å². The van der Waals surface area contributed by atoms with Gasteiger partial charge in [0.15, 0.2) is 5.65 Å². The highest BCUT2D eigenvalue weighted by atomic mass is 127. The number of benzene rings is 1. The summed E-state index contributed by atoms with van der Waals surface area (Å²) >= 11 is 2.26. The van der Waals surface area contributed by atoms with Gasteiger partial charge in [-0.2, -0.15) is 5.10 Å². The van der Waals surface area contributed by atoms with Gasteiger partial charge in [-0.05, 0) is 87.0 Å². The first kappa shape index (κ1) is 23.2. The van der Waals surface area contributed by atoms with Crippen LogP contribution in [0.2, 0.25) is 0 Å². The van der Waals surface area contributed by atoms with E-state index in [0.717, 1.165) is 31.5 Å². The summed E-state index contributed by atoms with van der Waals surface area (Å²) in [6, 6.07) is 11.8. The number of hydrogen-bond donors (Lipinski definition) is 2. The number of pyridine rings is 2. The molecule has 4 rings (SSSR count). The number of halogens is 1. The average molecular weight is 555 g/mol. The summed E-state index contributed by atoms with van der Waals surface area (Å²) in [5, 5.41) is 8.32. The van der Waals surface area contributed by atoms with Gasteiger partial charge in [0.25, 0.3) is 11.5 Å². The highest BCUT2D eigenvalue weighted by Crippen LogP contribution is 2.29. The number of rotatable bonds is 5. The Morgan fingerprint density at radius 2 is 1.85 bits per heavy atom. The van der Waals surface area contributed by atoms with Crippen LogP contribution in [0, 0.1) is 24.3 Å². The van der Waals surface area contributed by atoms with Gasteiger partial charge in [-0.3, -0.25) is 9.59 Å². The van der Waals surface area contributed by atoms with Gasteiger partial charge in [-0.1, -0.05) is 12.1 Å². The molecule has 0 spiro atoms. The number of nitrogens with one attached hydrogen (secondary N) is 2. The molecule has 0 bridgehead atoms. The van der Waals surface area contributed by atoms with Crippen molar-refractivity contribution in [2.24, 2.45) is 0 Å². The highest BCUT2D eigenvalue weighted by molar-refractivity contribution is 14.1. The van der Waals surface area contributed by atoms with E-state index in [1.54, 1.807) is 0 Å². The third-order valence-electron chi connectivity index (χ3n) is 5.63. The predicted octanol–water partition coefficient (Wildman–Crippen LogP) is 4.83. The lowest BCUT2D eigenvalue weighted by atomic mass is 10.0. The van der Waals surface area contributed by atoms with E-state index in [1.807, 2.05) is 75.7 Å². The van der Waals surface area contributed by atoms with Crippen molar-refractivity contribution < 1.29 is 4.79 Å². The van der Waals surface area contributed by atoms with E-state index in [9.17, 15) is 9.59 Å². The molecule has 0 aliphatic carbocycles. The number of carbonyl (C=O) groups excluding carboxylic acids is 1. The molecule has 0 fully saturated rings. The largest absolute Gasteiger partial charge is 0.348 e. The Hall–Kier alpha value is -3.01. The summed E-state index contributed by atoms with van der Waals surface area (Å²) in [7, 11) is 0. The normalized spacial score (nSPS) is 11.4. The van der Waals surface area contributed by atoms with Gasteiger partial charge in [-0.15, -0.1) is 0 Å². The molecule has 33 heavy (non-hydrogen) atoms. The number of amides is 1. The molecule has 170 valence electrons. The molecule has 0 aliphatic rings. The van der Waals surface area contributed by atoms with Crippen molar-refractivity contribution in [1.29, 1.82) is 0 Å². The SMILES string of the molecule is Cc1cc(C)c(CNC(=O)c2cc(-c3ccc(I)cc3)nc3c2c(C)nn3C(C)C)c(=O)[nH]1. The smallest absolute Gasteiger partial charge is 0.253 e. The molecule has 1 aromatic carbocycles. The zero-order valence-electron chi connectivity index (χ0n) is 19.3. The maximum atomic E-state index is 13.4. The summed E-state index contributed by atoms with van der Waals surface area (Å²) in [4.78, 5) is 33.5. The third kappa shape index (κ3) is 4.57. The molecule has 4 aromatic rings. The van der Waals surface area contributed by atoms with Crippen LogP contribution < -0.4 is 10.9 Å². The second-order valence-corrected chi connectivity index (χ2v) is 9.76. The van der Waals surface area contributed by atoms with Crippen molar-refractivity contribution in [2.45, 2.75) is 47.2 Å². The maximum Gasteiger partial charge on any atom is 0.253 e. The average Bonchev–Trinajstić information content (AvgIpc) is 3.09. The van der Waals surface area contributed by atoms with Gasteiger partial charge in [-0.25, -0.2) is 9.67 Å². The molecule has 1 amide bonds. The lowest BCUT2D eigenvalue weighted by Crippen LogP contribution is -2.28. The number of carbonyl (C=O) groups is 1. The number of aryl methyl sites for hydroxylation is 3. The molecule has 0 saturated heterocycles. The summed E-state index contributed by atoms with van der Waals surface area (Å²) in [6.45, 7) is 9.82. The molecular weight excluding hydrogens is 529 g/mol. The van der Waals surface area contributed by atoms with Crippen LogP contribution in [0.4, 0.5) is 0 Å². The molecule has 0 atom stereocenters. The van der Waals surface area contributed by atoms with Gasteiger partial charge in [0.1, 0.15) is 0 Å². The fourth-order valence-corrected chi connectivity index (χ4v) is 4.35. The fraction of sp³-hybridized carbons (Fsp3) is 0.280. The third-order valence-corrected chi connectivity index (χ3v) is 6.35. The quantitative estimate of drug-likeness (QED) is 0.345. The van der Waals surface area contributed by atoms with Crippen molar-refractivity contribution >= 4 is 39.5 Å². The van der Waals surface area contributed by atoms with Crippen LogP contribution in [0.1, 0.15) is 52.8 Å². The van der Waals surface area contributed by atoms with E-state index in [2.05, 4.69) is 38.0 Å². The van der Waals surface area contributed by atoms with Crippen molar-refractivity contribution in [3.05, 3.63) is 78.4 Å². The molecule has 3 heterocycles. The zero-order chi connectivity index (χ0) is 23.9. The van der Waals surface area contributed by atoms with E-state index in [1.165, 1.54) is 0 Å². The maximum absolute atomic E-state index is 13.4. The number of fused-ring (bicyclic) bond motifs is 1. The van der Waals surface area contributed by atoms with Crippen molar-refractivity contribution in [3.8, 4) is 11.3 Å². The molecular formula is C25H26IN5O2. The van der Waals surface area contributed by atoms with Crippen molar-refractivity contribution in [3.63, 3.8) is 0 Å². The Kier molecular flexibility index (Phi) is 6.38. The van der Waals surface area contributed by atoms with Gasteiger partial charge in [0.05, 0.1) is 22.3 Å². The molecule has 8 heteroatoms. The number of aromatic nitrogens is 4. The number of nitrogens with zero attached hydrogens (tertiary/aromatic N) is 3. The second-order valence-electron chi connectivity index (χ2n) is 8.51. The molecule has 0 aliphatic heterocycles. The monoisotopic (exact) mass is 555 g/mol. The van der Waals surface area contributed by atoms with E-state index in [-0.39, 0.29) is 24.1 Å². The topological polar surface area (TPSA) is 92.7 Å². The molecule has 7 nitrogen and oxygen atoms in total. The summed E-state index contributed by atoms with van der Waals surface area (Å²) < 4.78 is 2.98. The van der Waals surface area contributed by atoms with Gasteiger partial charge < -0.3 is 10.3 Å². The van der Waals surface area contributed by atoms with E-state index < -0.39 is 0 Å². The molecule has 2 N–H and O–H groups in total. The standard InChI is InChI=1S/C25H26IN5O2/c1-13(2)31-23-22(16(5)30-31)19(11-21(29-23)17-6-8-18(26)9-7-17)24(32)27-12-20-14(3)10-15(4)28-25(20)33/h6-11,13H,12H2,1-5H3,(H,27,32)(H,28,33). The molecule has 3 aromatic heterocycles. The van der Waals surface area contributed by atoms with Gasteiger partial charge >= 0.3 is 0 Å². The van der Waals surface area contributed by atoms with Crippen LogP contribution in [0.3, 0.4) is 0 Å². The Morgan fingerprint density at radius 1 is 1.15 bits per heavy atom. The molecule has 0 radical (unpaired) electrons. The van der Waals surface area contributed by atoms with Crippen LogP contribution in [0.25, 0.3) is 22.3 Å². The van der Waals surface area contributed by atoms with Crippen LogP contribution in [0.15, 0.2) is 41.2 Å². The summed E-state index contributed by atoms with van der Waals surface area (Å²) in [5.74, 6) is -0.264. The van der Waals surface area contributed by atoms with E-state index in [0.29, 0.717) is 22.5 Å². The first-order valence-corrected chi connectivity index (χ1v) is 11.9. The summed E-state index contributed by atoms with van der Waals surface area (Å²) in [5.41, 5.74) is 5.55. The highest BCUT2D eigenvalue weighted by Gasteiger charge is 2.21. The summed E-state index contributed by atoms with van der Waals surface area (Å²) in [6.07, 6.45) is 0. The van der Waals surface area contributed by atoms with Crippen LogP contribution in [-0.4, -0.2) is 25.7 Å². The Balaban J connectivity index is 1.80. The minimum absolute atomic E-state index is 0.0883. The lowest BCUT2D eigenvalue weighted by Gasteiger charge is -2.12. The number of hydrogen-bond acceptors (Lipinski definition) is 4. The Morgan fingerprint density at radius 3 is 2.48 bits per heavy atom.